The number of rotatable bonds is 4. The van der Waals surface area contributed by atoms with E-state index in [9.17, 15) is 8.42 Å². The van der Waals surface area contributed by atoms with E-state index >= 15 is 0 Å². The number of sulfonamides is 1. The van der Waals surface area contributed by atoms with Gasteiger partial charge in [0.25, 0.3) is 10.0 Å². The van der Waals surface area contributed by atoms with Gasteiger partial charge in [0.2, 0.25) is 0 Å². The smallest absolute Gasteiger partial charge is 0.261 e. The van der Waals surface area contributed by atoms with Crippen LogP contribution < -0.4 is 15.2 Å². The lowest BCUT2D eigenvalue weighted by molar-refractivity contribution is 0.414. The lowest BCUT2D eigenvalue weighted by Gasteiger charge is -2.11. The van der Waals surface area contributed by atoms with Crippen LogP contribution in [0.15, 0.2) is 47.4 Å². The minimum Gasteiger partial charge on any atom is -0.497 e. The van der Waals surface area contributed by atoms with Gasteiger partial charge in [-0.15, -0.1) is 0 Å². The maximum Gasteiger partial charge on any atom is 0.261 e. The fourth-order valence-corrected chi connectivity index (χ4v) is 2.86. The van der Waals surface area contributed by atoms with Crippen molar-refractivity contribution in [2.75, 3.05) is 17.6 Å². The van der Waals surface area contributed by atoms with Crippen molar-refractivity contribution in [2.24, 2.45) is 0 Å². The number of hydrogen-bond donors (Lipinski definition) is 2. The van der Waals surface area contributed by atoms with Crippen LogP contribution in [0.2, 0.25) is 0 Å². The Labute approximate surface area is 118 Å². The summed E-state index contributed by atoms with van der Waals surface area (Å²) in [4.78, 5) is 0.168. The third kappa shape index (κ3) is 3.03. The zero-order chi connectivity index (χ0) is 14.8. The van der Waals surface area contributed by atoms with Crippen molar-refractivity contribution in [1.29, 1.82) is 0 Å². The Morgan fingerprint density at radius 2 is 1.75 bits per heavy atom. The average molecular weight is 292 g/mol. The number of nitrogens with two attached hydrogens (primary N) is 1. The van der Waals surface area contributed by atoms with Crippen LogP contribution in [0.4, 0.5) is 11.4 Å². The molecule has 0 unspecified atom stereocenters. The number of nitrogens with one attached hydrogen (secondary N) is 1. The second-order valence-electron chi connectivity index (χ2n) is 4.36. The number of benzene rings is 2. The zero-order valence-corrected chi connectivity index (χ0v) is 12.1. The van der Waals surface area contributed by atoms with Gasteiger partial charge in [-0.1, -0.05) is 0 Å². The molecule has 2 rings (SSSR count). The van der Waals surface area contributed by atoms with Crippen molar-refractivity contribution in [3.8, 4) is 5.75 Å². The molecular formula is C14H16N2O3S. The van der Waals surface area contributed by atoms with Crippen LogP contribution in [0, 0.1) is 6.92 Å². The molecule has 5 nitrogen and oxygen atoms in total. The molecular weight excluding hydrogens is 276 g/mol. The van der Waals surface area contributed by atoms with Gasteiger partial charge < -0.3 is 10.5 Å². The molecule has 0 amide bonds. The number of anilines is 2. The van der Waals surface area contributed by atoms with Crippen molar-refractivity contribution in [1.82, 2.24) is 0 Å². The van der Waals surface area contributed by atoms with Crippen molar-refractivity contribution < 1.29 is 13.2 Å². The number of methoxy groups -OCH3 is 1. The van der Waals surface area contributed by atoms with E-state index in [1.54, 1.807) is 37.4 Å². The van der Waals surface area contributed by atoms with Crippen LogP contribution in [0.3, 0.4) is 0 Å². The number of hydrogen-bond acceptors (Lipinski definition) is 4. The Morgan fingerprint density at radius 1 is 1.10 bits per heavy atom. The minimum absolute atomic E-state index is 0.168. The van der Waals surface area contributed by atoms with E-state index < -0.39 is 10.0 Å². The molecule has 2 aromatic rings. The molecule has 0 atom stereocenters. The lowest BCUT2D eigenvalue weighted by Crippen LogP contribution is -2.13. The summed E-state index contributed by atoms with van der Waals surface area (Å²) in [5.41, 5.74) is 7.36. The summed E-state index contributed by atoms with van der Waals surface area (Å²) in [5, 5.41) is 0. The summed E-state index contributed by atoms with van der Waals surface area (Å²) in [6, 6.07) is 11.2. The lowest BCUT2D eigenvalue weighted by atomic mass is 10.2. The standard InChI is InChI=1S/C14H16N2O3S/c1-10-9-12(19-2)5-8-14(10)16-20(17,18)13-6-3-11(15)4-7-13/h3-9,16H,15H2,1-2H3. The van der Waals surface area contributed by atoms with E-state index in [4.69, 9.17) is 10.5 Å². The van der Waals surface area contributed by atoms with Crippen LogP contribution in [0.1, 0.15) is 5.56 Å². The van der Waals surface area contributed by atoms with Gasteiger partial charge in [0, 0.05) is 5.69 Å². The van der Waals surface area contributed by atoms with Gasteiger partial charge in [0.05, 0.1) is 17.7 Å². The van der Waals surface area contributed by atoms with Crippen LogP contribution >= 0.6 is 0 Å². The van der Waals surface area contributed by atoms with Gasteiger partial charge in [-0.05, 0) is 55.0 Å². The molecule has 2 aromatic carbocycles. The maximum absolute atomic E-state index is 12.2. The molecule has 0 aromatic heterocycles. The number of nitrogen functional groups attached to an aromatic ring is 1. The molecule has 0 aliphatic heterocycles. The monoisotopic (exact) mass is 292 g/mol. The van der Waals surface area contributed by atoms with E-state index in [2.05, 4.69) is 4.72 Å². The van der Waals surface area contributed by atoms with Crippen LogP contribution in [-0.2, 0) is 10.0 Å². The van der Waals surface area contributed by atoms with Gasteiger partial charge in [-0.3, -0.25) is 4.72 Å². The minimum atomic E-state index is -3.62. The first-order chi connectivity index (χ1) is 9.42. The topological polar surface area (TPSA) is 81.4 Å². The van der Waals surface area contributed by atoms with Crippen molar-refractivity contribution in [3.05, 3.63) is 48.0 Å². The van der Waals surface area contributed by atoms with Gasteiger partial charge in [0.15, 0.2) is 0 Å². The van der Waals surface area contributed by atoms with Crippen molar-refractivity contribution in [3.63, 3.8) is 0 Å². The van der Waals surface area contributed by atoms with E-state index in [1.165, 1.54) is 12.1 Å². The van der Waals surface area contributed by atoms with E-state index in [1.807, 2.05) is 6.92 Å². The van der Waals surface area contributed by atoms with Crippen LogP contribution in [0.25, 0.3) is 0 Å². The van der Waals surface area contributed by atoms with Crippen molar-refractivity contribution >= 4 is 21.4 Å². The fraction of sp³-hybridized carbons (Fsp3) is 0.143. The predicted molar refractivity (Wildman–Crippen MR) is 79.4 cm³/mol. The fourth-order valence-electron chi connectivity index (χ4n) is 1.73. The molecule has 0 radical (unpaired) electrons. The first-order valence-electron chi connectivity index (χ1n) is 5.95. The Kier molecular flexibility index (Phi) is 3.85. The Balaban J connectivity index is 2.31. The molecule has 6 heteroatoms. The first-order valence-corrected chi connectivity index (χ1v) is 7.44. The summed E-state index contributed by atoms with van der Waals surface area (Å²) in [6.07, 6.45) is 0. The van der Waals surface area contributed by atoms with E-state index in [-0.39, 0.29) is 4.90 Å². The predicted octanol–water partition coefficient (Wildman–Crippen LogP) is 2.39. The molecule has 0 heterocycles. The highest BCUT2D eigenvalue weighted by Crippen LogP contribution is 2.24. The number of ether oxygens (including phenoxy) is 1. The Bertz CT molecular complexity index is 710. The third-order valence-electron chi connectivity index (χ3n) is 2.87. The van der Waals surface area contributed by atoms with Gasteiger partial charge >= 0.3 is 0 Å². The second-order valence-corrected chi connectivity index (χ2v) is 6.04. The average Bonchev–Trinajstić information content (AvgIpc) is 2.41. The molecule has 106 valence electrons. The third-order valence-corrected chi connectivity index (χ3v) is 4.25. The maximum atomic E-state index is 12.2. The summed E-state index contributed by atoms with van der Waals surface area (Å²) < 4.78 is 32.1. The molecule has 20 heavy (non-hydrogen) atoms. The van der Waals surface area contributed by atoms with Crippen LogP contribution in [-0.4, -0.2) is 15.5 Å². The summed E-state index contributed by atoms with van der Waals surface area (Å²) >= 11 is 0. The normalized spacial score (nSPS) is 11.1. The zero-order valence-electron chi connectivity index (χ0n) is 11.3. The SMILES string of the molecule is COc1ccc(NS(=O)(=O)c2ccc(N)cc2)c(C)c1. The molecule has 0 aliphatic carbocycles. The number of aryl methyl sites for hydroxylation is 1. The Morgan fingerprint density at radius 3 is 2.30 bits per heavy atom. The molecule has 0 bridgehead atoms. The summed E-state index contributed by atoms with van der Waals surface area (Å²) in [7, 11) is -2.06. The second kappa shape index (κ2) is 5.42. The first kappa shape index (κ1) is 14.2. The van der Waals surface area contributed by atoms with E-state index in [0.29, 0.717) is 17.1 Å². The van der Waals surface area contributed by atoms with Crippen molar-refractivity contribution in [2.45, 2.75) is 11.8 Å². The molecule has 0 spiro atoms. The Hall–Kier alpha value is -2.21. The van der Waals surface area contributed by atoms with Crippen LogP contribution in [0.5, 0.6) is 5.75 Å². The van der Waals surface area contributed by atoms with Gasteiger partial charge in [-0.25, -0.2) is 8.42 Å². The molecule has 0 saturated carbocycles. The van der Waals surface area contributed by atoms with Gasteiger partial charge in [-0.2, -0.15) is 0 Å². The highest BCUT2D eigenvalue weighted by Gasteiger charge is 2.15. The highest BCUT2D eigenvalue weighted by molar-refractivity contribution is 7.92. The quantitative estimate of drug-likeness (QED) is 0.848. The molecule has 0 fully saturated rings. The van der Waals surface area contributed by atoms with Gasteiger partial charge in [0.1, 0.15) is 5.75 Å². The summed E-state index contributed by atoms with van der Waals surface area (Å²) in [6.45, 7) is 1.81. The molecule has 0 aliphatic rings. The highest BCUT2D eigenvalue weighted by atomic mass is 32.2. The molecule has 0 saturated heterocycles. The largest absolute Gasteiger partial charge is 0.497 e. The summed E-state index contributed by atoms with van der Waals surface area (Å²) in [5.74, 6) is 0.679. The van der Waals surface area contributed by atoms with E-state index in [0.717, 1.165) is 5.56 Å². The molecule has 3 N–H and O–H groups in total.